The van der Waals surface area contributed by atoms with E-state index in [-0.39, 0.29) is 6.17 Å². The number of benzene rings is 9. The first-order valence-electron chi connectivity index (χ1n) is 20.7. The molecule has 0 saturated carbocycles. The van der Waals surface area contributed by atoms with Gasteiger partial charge in [-0.1, -0.05) is 182 Å². The molecule has 0 saturated heterocycles. The molecule has 3 aliphatic heterocycles. The third kappa shape index (κ3) is 4.57. The van der Waals surface area contributed by atoms with Gasteiger partial charge < -0.3 is 9.64 Å². The molecule has 0 aromatic heterocycles. The maximum Gasteiger partial charge on any atom is 0.154 e. The Morgan fingerprint density at radius 1 is 0.467 bits per heavy atom. The lowest BCUT2D eigenvalue weighted by molar-refractivity contribution is 0.370. The molecule has 60 heavy (non-hydrogen) atoms. The summed E-state index contributed by atoms with van der Waals surface area (Å²) >= 11 is 0. The van der Waals surface area contributed by atoms with Crippen LogP contribution in [-0.4, -0.2) is 10.7 Å². The van der Waals surface area contributed by atoms with Gasteiger partial charge in [-0.3, -0.25) is 0 Å². The Morgan fingerprint density at radius 2 is 1.03 bits per heavy atom. The lowest BCUT2D eigenvalue weighted by Crippen LogP contribution is -2.41. The van der Waals surface area contributed by atoms with Gasteiger partial charge in [0.1, 0.15) is 17.3 Å². The van der Waals surface area contributed by atoms with Gasteiger partial charge in [0, 0.05) is 22.9 Å². The fourth-order valence-corrected chi connectivity index (χ4v) is 10.5. The maximum atomic E-state index is 6.74. The molecule has 0 amide bonds. The average molecular weight is 765 g/mol. The second-order valence-electron chi connectivity index (χ2n) is 16.2. The number of nitrogens with zero attached hydrogens (tertiary/aromatic N) is 2. The van der Waals surface area contributed by atoms with Crippen molar-refractivity contribution in [2.75, 3.05) is 0 Å². The van der Waals surface area contributed by atoms with Crippen LogP contribution in [0.4, 0.5) is 0 Å². The Bertz CT molecular complexity index is 3300. The molecule has 0 bridgehead atoms. The van der Waals surface area contributed by atoms with E-state index in [0.29, 0.717) is 0 Å². The molecular weight excluding hydrogens is 729 g/mol. The van der Waals surface area contributed by atoms with Gasteiger partial charge in [0.15, 0.2) is 6.17 Å². The molecular formula is C57H36N2O. The Kier molecular flexibility index (Phi) is 6.99. The maximum absolute atomic E-state index is 6.74. The Hall–Kier alpha value is -7.75. The summed E-state index contributed by atoms with van der Waals surface area (Å²) < 4.78 is 6.74. The van der Waals surface area contributed by atoms with E-state index in [1.54, 1.807) is 0 Å². The summed E-state index contributed by atoms with van der Waals surface area (Å²) in [6.07, 6.45) is 4.44. The number of hydrogen-bond acceptors (Lipinski definition) is 3. The molecule has 13 rings (SSSR count). The number of amidine groups is 1. The van der Waals surface area contributed by atoms with E-state index in [4.69, 9.17) is 9.73 Å². The minimum absolute atomic E-state index is 0.102. The van der Waals surface area contributed by atoms with E-state index in [1.807, 2.05) is 0 Å². The van der Waals surface area contributed by atoms with E-state index >= 15 is 0 Å². The van der Waals surface area contributed by atoms with Gasteiger partial charge in [0.25, 0.3) is 0 Å². The lowest BCUT2D eigenvalue weighted by atomic mass is 9.64. The minimum atomic E-state index is -0.603. The van der Waals surface area contributed by atoms with Crippen LogP contribution in [0.1, 0.15) is 45.1 Å². The number of aliphatic imine (C=N–C) groups is 1. The summed E-state index contributed by atoms with van der Waals surface area (Å²) in [5, 5.41) is 5.09. The summed E-state index contributed by atoms with van der Waals surface area (Å²) in [6, 6.07) is 72.6. The van der Waals surface area contributed by atoms with Crippen molar-refractivity contribution in [3.8, 4) is 33.8 Å². The normalized spacial score (nSPS) is 16.4. The first-order chi connectivity index (χ1) is 29.8. The van der Waals surface area contributed by atoms with Crippen LogP contribution in [-0.2, 0) is 5.41 Å². The molecule has 1 aliphatic carbocycles. The highest BCUT2D eigenvalue weighted by Crippen LogP contribution is 2.65. The largest absolute Gasteiger partial charge is 0.457 e. The van der Waals surface area contributed by atoms with Gasteiger partial charge in [0.2, 0.25) is 0 Å². The van der Waals surface area contributed by atoms with Gasteiger partial charge in [-0.15, -0.1) is 0 Å². The molecule has 0 N–H and O–H groups in total. The van der Waals surface area contributed by atoms with Crippen molar-refractivity contribution in [2.24, 2.45) is 4.99 Å². The molecule has 9 aromatic carbocycles. The van der Waals surface area contributed by atoms with Gasteiger partial charge in [-0.25, -0.2) is 4.99 Å². The molecule has 0 fully saturated rings. The summed E-state index contributed by atoms with van der Waals surface area (Å²) in [5.41, 5.74) is 15.1. The number of fused-ring (bicyclic) bond motifs is 15. The monoisotopic (exact) mass is 764 g/mol. The summed E-state index contributed by atoms with van der Waals surface area (Å²) in [5.74, 6) is 2.81. The quantitative estimate of drug-likeness (QED) is 0.167. The predicted octanol–water partition coefficient (Wildman–Crippen LogP) is 14.0. The van der Waals surface area contributed by atoms with E-state index in [9.17, 15) is 0 Å². The van der Waals surface area contributed by atoms with Crippen LogP contribution in [0, 0.1) is 0 Å². The van der Waals surface area contributed by atoms with Gasteiger partial charge in [0.05, 0.1) is 5.41 Å². The topological polar surface area (TPSA) is 24.8 Å². The van der Waals surface area contributed by atoms with Crippen LogP contribution < -0.4 is 4.74 Å². The second kappa shape index (κ2) is 12.6. The molecule has 1 unspecified atom stereocenters. The second-order valence-corrected chi connectivity index (χ2v) is 16.2. The van der Waals surface area contributed by atoms with E-state index in [0.717, 1.165) is 28.5 Å². The zero-order valence-corrected chi connectivity index (χ0v) is 32.6. The van der Waals surface area contributed by atoms with E-state index < -0.39 is 5.41 Å². The van der Waals surface area contributed by atoms with E-state index in [1.165, 1.54) is 82.8 Å². The zero-order valence-electron chi connectivity index (χ0n) is 32.6. The van der Waals surface area contributed by atoms with Crippen molar-refractivity contribution in [1.82, 2.24) is 4.90 Å². The van der Waals surface area contributed by atoms with Crippen LogP contribution in [0.5, 0.6) is 11.5 Å². The van der Waals surface area contributed by atoms with Crippen molar-refractivity contribution in [1.29, 1.82) is 0 Å². The van der Waals surface area contributed by atoms with Gasteiger partial charge in [-0.2, -0.15) is 0 Å². The van der Waals surface area contributed by atoms with Crippen LogP contribution in [0.2, 0.25) is 0 Å². The highest BCUT2D eigenvalue weighted by atomic mass is 16.5. The fourth-order valence-electron chi connectivity index (χ4n) is 10.5. The number of para-hydroxylation sites is 2. The molecule has 280 valence electrons. The third-order valence-electron chi connectivity index (χ3n) is 13.1. The number of hydrogen-bond donors (Lipinski definition) is 0. The Labute approximate surface area is 348 Å². The Balaban J connectivity index is 0.974. The van der Waals surface area contributed by atoms with E-state index in [2.05, 4.69) is 217 Å². The van der Waals surface area contributed by atoms with Crippen LogP contribution in [0.25, 0.3) is 54.9 Å². The number of ether oxygens (including phenoxy) is 1. The van der Waals surface area contributed by atoms with Crippen molar-refractivity contribution in [3.05, 3.63) is 251 Å². The van der Waals surface area contributed by atoms with Crippen LogP contribution >= 0.6 is 0 Å². The summed E-state index contributed by atoms with van der Waals surface area (Å²) in [7, 11) is 0. The fraction of sp³-hybridized carbons (Fsp3) is 0.0351. The van der Waals surface area contributed by atoms with Crippen molar-refractivity contribution in [3.63, 3.8) is 0 Å². The number of allylic oxidation sites excluding steroid dienone is 2. The highest BCUT2D eigenvalue weighted by Gasteiger charge is 2.52. The first-order valence-corrected chi connectivity index (χ1v) is 20.7. The summed E-state index contributed by atoms with van der Waals surface area (Å²) in [4.78, 5) is 7.58. The summed E-state index contributed by atoms with van der Waals surface area (Å²) in [6.45, 7) is 0. The zero-order chi connectivity index (χ0) is 39.4. The van der Waals surface area contributed by atoms with Crippen LogP contribution in [0.3, 0.4) is 0 Å². The standard InChI is InChI=1S/C57H36N2O/c1-3-15-36(16-4-1)41-33-47(38-17-5-2-6-18-38)56-58-55(59(56)35-41)39-29-27-37(28-30-39)40-31-32-46-50(34-40)57(48-23-11-13-25-51(48)60-52-26-14-12-24-49(52)57)54-45-22-10-8-20-43(45)42-19-7-9-21-44(42)53(46)54/h1-35,55H. The molecule has 3 nitrogen and oxygen atoms in total. The predicted molar refractivity (Wildman–Crippen MR) is 245 cm³/mol. The number of rotatable bonds is 4. The Morgan fingerprint density at radius 3 is 1.73 bits per heavy atom. The van der Waals surface area contributed by atoms with Gasteiger partial charge >= 0.3 is 0 Å². The molecule has 3 heteroatoms. The van der Waals surface area contributed by atoms with Crippen molar-refractivity contribution >= 4 is 38.5 Å². The molecule has 1 spiro atoms. The average Bonchev–Trinajstić information content (AvgIpc) is 3.61. The SMILES string of the molecule is C1=C(c2ccccc2)C=C(c2ccccc2)C2=NC(c3ccc(-c4ccc5c(c4)C4(c6ccccc6Oc6ccccc64)c4c-5c5ccccc5c5ccccc45)cc3)N12. The van der Waals surface area contributed by atoms with Crippen molar-refractivity contribution in [2.45, 2.75) is 11.6 Å². The molecule has 1 atom stereocenters. The van der Waals surface area contributed by atoms with Crippen LogP contribution in [0.15, 0.2) is 217 Å². The highest BCUT2D eigenvalue weighted by molar-refractivity contribution is 6.28. The minimum Gasteiger partial charge on any atom is -0.457 e. The molecule has 4 aliphatic rings. The molecule has 3 heterocycles. The van der Waals surface area contributed by atoms with Gasteiger partial charge in [-0.05, 0) is 101 Å². The first kappa shape index (κ1) is 33.2. The third-order valence-corrected chi connectivity index (χ3v) is 13.1. The van der Waals surface area contributed by atoms with Crippen molar-refractivity contribution < 1.29 is 4.74 Å². The lowest BCUT2D eigenvalue weighted by Gasteiger charge is -2.41. The molecule has 0 radical (unpaired) electrons. The smallest absolute Gasteiger partial charge is 0.154 e. The molecule has 9 aromatic rings.